The first kappa shape index (κ1) is 15.0. The summed E-state index contributed by atoms with van der Waals surface area (Å²) in [5.41, 5.74) is -0.272. The normalized spacial score (nSPS) is 12.8. The van der Waals surface area contributed by atoms with Gasteiger partial charge in [0.15, 0.2) is 0 Å². The van der Waals surface area contributed by atoms with Crippen LogP contribution in [-0.4, -0.2) is 13.7 Å². The third kappa shape index (κ3) is 3.73. The molecule has 1 aromatic rings. The lowest BCUT2D eigenvalue weighted by Crippen LogP contribution is -2.19. The number of hydrogen-bond acceptors (Lipinski definition) is 1. The minimum Gasteiger partial charge on any atom is -0.384 e. The Morgan fingerprint density at radius 3 is 2.17 bits per heavy atom. The average molecular weight is 259 g/mol. The second-order valence-corrected chi connectivity index (χ2v) is 5.21. The Balaban J connectivity index is 3.22. The molecule has 1 nitrogen and oxygen atoms in total. The lowest BCUT2D eigenvalue weighted by Gasteiger charge is -2.24. The monoisotopic (exact) mass is 259 g/mol. The molecule has 0 aliphatic carbocycles. The van der Waals surface area contributed by atoms with Gasteiger partial charge in [-0.25, -0.2) is 0 Å². The van der Waals surface area contributed by atoms with Gasteiger partial charge in [0.2, 0.25) is 0 Å². The summed E-state index contributed by atoms with van der Waals surface area (Å²) in [6, 6.07) is 4.42. The Hall–Kier alpha value is -1.03. The molecule has 0 N–H and O–H groups in total. The number of hydrogen-bond donors (Lipinski definition) is 0. The molecule has 1 rings (SSSR count). The standard InChI is InChI=1S/C14H18F3O/c1-13(2,3)11-6-5-10(7-8-18-4)9-12(11)14(15,16)17/h5-7,9H,8H2,1-4H3. The van der Waals surface area contributed by atoms with Crippen LogP contribution in [0.5, 0.6) is 0 Å². The molecule has 0 amide bonds. The highest BCUT2D eigenvalue weighted by Gasteiger charge is 2.36. The van der Waals surface area contributed by atoms with Crippen molar-refractivity contribution in [2.45, 2.75) is 32.4 Å². The fourth-order valence-electron chi connectivity index (χ4n) is 1.76. The van der Waals surface area contributed by atoms with Gasteiger partial charge < -0.3 is 4.74 Å². The number of alkyl halides is 3. The fraction of sp³-hybridized carbons (Fsp3) is 0.500. The molecule has 0 heterocycles. The zero-order chi connectivity index (χ0) is 14.0. The van der Waals surface area contributed by atoms with Crippen LogP contribution in [0.3, 0.4) is 0 Å². The number of ether oxygens (including phenoxy) is 1. The molecule has 0 fully saturated rings. The molecule has 0 aromatic heterocycles. The number of benzene rings is 1. The van der Waals surface area contributed by atoms with Gasteiger partial charge in [0.1, 0.15) is 0 Å². The molecule has 1 radical (unpaired) electrons. The second kappa shape index (κ2) is 5.31. The van der Waals surface area contributed by atoms with Crippen molar-refractivity contribution in [1.29, 1.82) is 0 Å². The Morgan fingerprint density at radius 1 is 1.11 bits per heavy atom. The lowest BCUT2D eigenvalue weighted by molar-refractivity contribution is -0.138. The Labute approximate surface area is 106 Å². The quantitative estimate of drug-likeness (QED) is 0.790. The third-order valence-electron chi connectivity index (χ3n) is 2.64. The minimum absolute atomic E-state index is 0.298. The average Bonchev–Trinajstić information content (AvgIpc) is 2.23. The van der Waals surface area contributed by atoms with Crippen molar-refractivity contribution in [2.75, 3.05) is 13.7 Å². The van der Waals surface area contributed by atoms with E-state index in [-0.39, 0.29) is 0 Å². The summed E-state index contributed by atoms with van der Waals surface area (Å²) < 4.78 is 43.9. The van der Waals surface area contributed by atoms with Gasteiger partial charge in [0.25, 0.3) is 0 Å². The summed E-state index contributed by atoms with van der Waals surface area (Å²) in [5, 5.41) is 0. The van der Waals surface area contributed by atoms with Crippen molar-refractivity contribution in [3.63, 3.8) is 0 Å². The van der Waals surface area contributed by atoms with Crippen LogP contribution in [-0.2, 0) is 16.3 Å². The maximum Gasteiger partial charge on any atom is 0.416 e. The largest absolute Gasteiger partial charge is 0.416 e. The molecule has 4 heteroatoms. The fourth-order valence-corrected chi connectivity index (χ4v) is 1.76. The Bertz CT molecular complexity index is 402. The van der Waals surface area contributed by atoms with Crippen LogP contribution in [0.1, 0.15) is 37.5 Å². The molecule has 0 aliphatic heterocycles. The summed E-state index contributed by atoms with van der Waals surface area (Å²) in [5.74, 6) is 0. The van der Waals surface area contributed by atoms with E-state index in [9.17, 15) is 13.2 Å². The van der Waals surface area contributed by atoms with E-state index in [4.69, 9.17) is 4.74 Å². The van der Waals surface area contributed by atoms with E-state index in [1.807, 2.05) is 0 Å². The zero-order valence-corrected chi connectivity index (χ0v) is 11.1. The van der Waals surface area contributed by atoms with Crippen LogP contribution < -0.4 is 0 Å². The van der Waals surface area contributed by atoms with Crippen molar-refractivity contribution >= 4 is 0 Å². The summed E-state index contributed by atoms with van der Waals surface area (Å²) in [4.78, 5) is 0. The van der Waals surface area contributed by atoms with E-state index >= 15 is 0 Å². The van der Waals surface area contributed by atoms with Crippen molar-refractivity contribution < 1.29 is 17.9 Å². The molecule has 18 heavy (non-hydrogen) atoms. The molecular weight excluding hydrogens is 241 g/mol. The Kier molecular flexibility index (Phi) is 4.43. The van der Waals surface area contributed by atoms with Gasteiger partial charge in [-0.1, -0.05) is 32.9 Å². The van der Waals surface area contributed by atoms with Crippen LogP contribution in [0.25, 0.3) is 0 Å². The van der Waals surface area contributed by atoms with Crippen molar-refractivity contribution in [3.05, 3.63) is 41.3 Å². The van der Waals surface area contributed by atoms with Gasteiger partial charge in [0, 0.05) is 13.5 Å². The first-order valence-electron chi connectivity index (χ1n) is 5.70. The van der Waals surface area contributed by atoms with Crippen LogP contribution in [0, 0.1) is 6.42 Å². The van der Waals surface area contributed by atoms with E-state index in [0.29, 0.717) is 17.7 Å². The van der Waals surface area contributed by atoms with Gasteiger partial charge in [-0.2, -0.15) is 13.2 Å². The van der Waals surface area contributed by atoms with Crippen LogP contribution in [0.4, 0.5) is 13.2 Å². The molecule has 0 unspecified atom stereocenters. The van der Waals surface area contributed by atoms with Crippen molar-refractivity contribution in [3.8, 4) is 0 Å². The van der Waals surface area contributed by atoms with E-state index in [2.05, 4.69) is 0 Å². The van der Waals surface area contributed by atoms with Gasteiger partial charge in [-0.05, 0) is 22.6 Å². The van der Waals surface area contributed by atoms with Gasteiger partial charge in [-0.15, -0.1) is 0 Å². The topological polar surface area (TPSA) is 9.23 Å². The molecule has 0 atom stereocenters. The Morgan fingerprint density at radius 2 is 1.72 bits per heavy atom. The molecule has 1 aromatic carbocycles. The molecule has 0 bridgehead atoms. The van der Waals surface area contributed by atoms with E-state index < -0.39 is 17.2 Å². The second-order valence-electron chi connectivity index (χ2n) is 5.21. The third-order valence-corrected chi connectivity index (χ3v) is 2.64. The maximum atomic E-state index is 13.0. The minimum atomic E-state index is -4.33. The van der Waals surface area contributed by atoms with E-state index in [1.54, 1.807) is 39.3 Å². The van der Waals surface area contributed by atoms with Gasteiger partial charge in [-0.3, -0.25) is 0 Å². The summed E-state index contributed by atoms with van der Waals surface area (Å²) in [6.07, 6.45) is -2.71. The maximum absolute atomic E-state index is 13.0. The van der Waals surface area contributed by atoms with Gasteiger partial charge >= 0.3 is 6.18 Å². The van der Waals surface area contributed by atoms with Crippen LogP contribution in [0.15, 0.2) is 18.2 Å². The number of halogens is 3. The first-order chi connectivity index (χ1) is 8.16. The lowest BCUT2D eigenvalue weighted by atomic mass is 9.82. The smallest absolute Gasteiger partial charge is 0.384 e. The number of rotatable bonds is 3. The molecule has 101 valence electrons. The highest BCUT2D eigenvalue weighted by atomic mass is 19.4. The molecule has 0 saturated carbocycles. The predicted octanol–water partition coefficient (Wildman–Crippen LogP) is 4.20. The summed E-state index contributed by atoms with van der Waals surface area (Å²) >= 11 is 0. The highest BCUT2D eigenvalue weighted by Crippen LogP contribution is 2.38. The van der Waals surface area contributed by atoms with Crippen molar-refractivity contribution in [2.24, 2.45) is 0 Å². The summed E-state index contributed by atoms with van der Waals surface area (Å²) in [6.45, 7) is 5.62. The SMILES string of the molecule is COC[CH]c1ccc(C(C)(C)C)c(C(F)(F)F)c1. The molecule has 0 aliphatic rings. The molecule has 0 saturated heterocycles. The first-order valence-corrected chi connectivity index (χ1v) is 5.70. The summed E-state index contributed by atoms with van der Waals surface area (Å²) in [7, 11) is 1.50. The van der Waals surface area contributed by atoms with E-state index in [1.165, 1.54) is 13.2 Å². The molecule has 0 spiro atoms. The van der Waals surface area contributed by atoms with Gasteiger partial charge in [0.05, 0.1) is 12.2 Å². The highest BCUT2D eigenvalue weighted by molar-refractivity contribution is 5.40. The zero-order valence-electron chi connectivity index (χ0n) is 11.1. The van der Waals surface area contributed by atoms with Crippen LogP contribution >= 0.6 is 0 Å². The predicted molar refractivity (Wildman–Crippen MR) is 65.4 cm³/mol. The van der Waals surface area contributed by atoms with Crippen LogP contribution in [0.2, 0.25) is 0 Å². The van der Waals surface area contributed by atoms with Crippen molar-refractivity contribution in [1.82, 2.24) is 0 Å². The van der Waals surface area contributed by atoms with E-state index in [0.717, 1.165) is 0 Å². The number of methoxy groups -OCH3 is 1. The molecular formula is C14H18F3O.